The summed E-state index contributed by atoms with van der Waals surface area (Å²) >= 11 is 0. The van der Waals surface area contributed by atoms with Gasteiger partial charge in [-0.2, -0.15) is 0 Å². The van der Waals surface area contributed by atoms with E-state index in [2.05, 4.69) is 287 Å². The van der Waals surface area contributed by atoms with Crippen molar-refractivity contribution in [3.63, 3.8) is 0 Å². The molecule has 0 aliphatic heterocycles. The maximum absolute atomic E-state index is 2.82. The highest BCUT2D eigenvalue weighted by Crippen LogP contribution is 2.40. The fraction of sp³-hybridized carbons (Fsp3) is 0. The van der Waals surface area contributed by atoms with Gasteiger partial charge in [-0.15, -0.1) is 0 Å². The van der Waals surface area contributed by atoms with Crippen molar-refractivity contribution >= 4 is 94.2 Å². The minimum atomic E-state index is -2.82. The molecule has 0 aliphatic rings. The van der Waals surface area contributed by atoms with Gasteiger partial charge in [0.2, 0.25) is 0 Å². The topological polar surface area (TPSA) is 14.8 Å². The second kappa shape index (κ2) is 16.1. The number of aromatic nitrogens is 3. The molecule has 0 amide bonds. The Morgan fingerprint density at radius 3 is 1.16 bits per heavy atom. The first kappa shape index (κ1) is 40.1. The standard InChI is InChI=1S/C66H45N3Si/c1-5-20-46(21-6-1)47-22-19-23-48(42-47)68-64-41-37-49(67-61-33-16-13-30-55(61)56-31-14-17-34-62(56)67)43-60(64)59-39-36-50(44-65(59)68)69-63-35-18-15-32-57(63)58-40-38-54(45-66(58)69)70(51-24-7-2-8-25-51,52-26-9-3-10-27-52)53-28-11-4-12-29-53/h1-45H. The average Bonchev–Trinajstić information content (AvgIpc) is 4.07. The molecule has 70 heavy (non-hydrogen) atoms. The van der Waals surface area contributed by atoms with E-state index in [1.54, 1.807) is 0 Å². The van der Waals surface area contributed by atoms with Gasteiger partial charge in [0, 0.05) is 49.4 Å². The monoisotopic (exact) mass is 907 g/mol. The molecule has 11 aromatic carbocycles. The molecular formula is C66H45N3Si. The van der Waals surface area contributed by atoms with Crippen molar-refractivity contribution in [3.05, 3.63) is 273 Å². The summed E-state index contributed by atoms with van der Waals surface area (Å²) in [7, 11) is -2.82. The zero-order chi connectivity index (χ0) is 46.2. The van der Waals surface area contributed by atoms with Gasteiger partial charge in [0.25, 0.3) is 0 Å². The quantitative estimate of drug-likeness (QED) is 0.107. The second-order valence-electron chi connectivity index (χ2n) is 18.5. The van der Waals surface area contributed by atoms with E-state index in [9.17, 15) is 0 Å². The van der Waals surface area contributed by atoms with Crippen molar-refractivity contribution in [2.24, 2.45) is 0 Å². The van der Waals surface area contributed by atoms with Crippen LogP contribution in [0.4, 0.5) is 0 Å². The lowest BCUT2D eigenvalue weighted by Crippen LogP contribution is -2.74. The maximum Gasteiger partial charge on any atom is 0.179 e. The Hall–Kier alpha value is -8.96. The van der Waals surface area contributed by atoms with Gasteiger partial charge >= 0.3 is 0 Å². The van der Waals surface area contributed by atoms with Crippen LogP contribution in [-0.2, 0) is 0 Å². The molecule has 3 aromatic heterocycles. The normalized spacial score (nSPS) is 12.0. The molecule has 0 saturated heterocycles. The average molecular weight is 908 g/mol. The Morgan fingerprint density at radius 2 is 0.586 bits per heavy atom. The highest BCUT2D eigenvalue weighted by Gasteiger charge is 2.41. The molecule has 0 fully saturated rings. The minimum absolute atomic E-state index is 1.12. The van der Waals surface area contributed by atoms with Gasteiger partial charge in [-0.3, -0.25) is 0 Å². The molecule has 0 atom stereocenters. The third kappa shape index (κ3) is 6.07. The van der Waals surface area contributed by atoms with Gasteiger partial charge in [-0.1, -0.05) is 206 Å². The van der Waals surface area contributed by atoms with Crippen LogP contribution in [0.15, 0.2) is 273 Å². The van der Waals surface area contributed by atoms with Gasteiger partial charge in [0.05, 0.1) is 33.1 Å². The number of hydrogen-bond acceptors (Lipinski definition) is 0. The summed E-state index contributed by atoms with van der Waals surface area (Å²) in [4.78, 5) is 0. The second-order valence-corrected chi connectivity index (χ2v) is 22.3. The third-order valence-corrected chi connectivity index (χ3v) is 19.5. The molecule has 0 N–H and O–H groups in total. The molecule has 0 radical (unpaired) electrons. The number of nitrogens with zero attached hydrogens (tertiary/aromatic N) is 3. The van der Waals surface area contributed by atoms with E-state index in [0.29, 0.717) is 0 Å². The first-order valence-electron chi connectivity index (χ1n) is 24.2. The summed E-state index contributed by atoms with van der Waals surface area (Å²) in [6.45, 7) is 0. The molecule has 0 unspecified atom stereocenters. The zero-order valence-corrected chi connectivity index (χ0v) is 39.3. The van der Waals surface area contributed by atoms with E-state index >= 15 is 0 Å². The number of fused-ring (bicyclic) bond motifs is 9. The largest absolute Gasteiger partial charge is 0.309 e. The molecule has 4 heteroatoms. The molecule has 0 bridgehead atoms. The molecular weight excluding hydrogens is 863 g/mol. The summed E-state index contributed by atoms with van der Waals surface area (Å²) in [5.74, 6) is 0. The van der Waals surface area contributed by atoms with Crippen LogP contribution in [0.5, 0.6) is 0 Å². The number of benzene rings is 11. The SMILES string of the molecule is c1ccc(-c2cccc(-n3c4ccc(-n5c6ccccc6c6ccccc65)cc4c4ccc(-n5c6ccccc6c6ccc([Si](c7ccccc7)(c7ccccc7)c7ccccc7)cc65)cc43)c2)cc1. The summed E-state index contributed by atoms with van der Waals surface area (Å²) < 4.78 is 7.42. The third-order valence-electron chi connectivity index (χ3n) is 14.8. The van der Waals surface area contributed by atoms with E-state index in [-0.39, 0.29) is 0 Å². The van der Waals surface area contributed by atoms with Gasteiger partial charge in [-0.25, -0.2) is 0 Å². The van der Waals surface area contributed by atoms with E-state index in [0.717, 1.165) is 28.1 Å². The zero-order valence-electron chi connectivity index (χ0n) is 38.3. The Morgan fingerprint density at radius 1 is 0.200 bits per heavy atom. The summed E-state index contributed by atoms with van der Waals surface area (Å²) in [5.41, 5.74) is 12.9. The van der Waals surface area contributed by atoms with Crippen LogP contribution in [-0.4, -0.2) is 21.8 Å². The van der Waals surface area contributed by atoms with Crippen molar-refractivity contribution in [2.75, 3.05) is 0 Å². The van der Waals surface area contributed by atoms with Crippen molar-refractivity contribution in [1.82, 2.24) is 13.7 Å². The molecule has 328 valence electrons. The molecule has 0 spiro atoms. The van der Waals surface area contributed by atoms with Crippen LogP contribution in [0.1, 0.15) is 0 Å². The first-order chi connectivity index (χ1) is 34.7. The lowest BCUT2D eigenvalue weighted by atomic mass is 10.1. The van der Waals surface area contributed by atoms with Crippen LogP contribution in [0.2, 0.25) is 0 Å². The number of rotatable bonds is 8. The minimum Gasteiger partial charge on any atom is -0.309 e. The van der Waals surface area contributed by atoms with Crippen molar-refractivity contribution in [3.8, 4) is 28.2 Å². The molecule has 0 aliphatic carbocycles. The Labute approximate surface area is 407 Å². The highest BCUT2D eigenvalue weighted by molar-refractivity contribution is 7.20. The van der Waals surface area contributed by atoms with Crippen LogP contribution in [0.25, 0.3) is 93.6 Å². The van der Waals surface area contributed by atoms with Gasteiger partial charge in [0.15, 0.2) is 8.07 Å². The molecule has 14 aromatic rings. The van der Waals surface area contributed by atoms with E-state index in [1.807, 2.05) is 0 Å². The van der Waals surface area contributed by atoms with Crippen LogP contribution in [0.3, 0.4) is 0 Å². The van der Waals surface area contributed by atoms with Gasteiger partial charge in [0.1, 0.15) is 0 Å². The van der Waals surface area contributed by atoms with E-state index in [4.69, 9.17) is 0 Å². The Kier molecular flexibility index (Phi) is 9.23. The van der Waals surface area contributed by atoms with Crippen LogP contribution < -0.4 is 20.7 Å². The fourth-order valence-corrected chi connectivity index (χ4v) is 16.5. The summed E-state index contributed by atoms with van der Waals surface area (Å²) in [6.07, 6.45) is 0. The van der Waals surface area contributed by atoms with Crippen LogP contribution in [0, 0.1) is 0 Å². The summed E-state index contributed by atoms with van der Waals surface area (Å²) in [5, 5.41) is 12.8. The van der Waals surface area contributed by atoms with Crippen molar-refractivity contribution in [1.29, 1.82) is 0 Å². The molecule has 3 nitrogen and oxygen atoms in total. The molecule has 3 heterocycles. The lowest BCUT2D eigenvalue weighted by Gasteiger charge is -2.34. The highest BCUT2D eigenvalue weighted by atomic mass is 28.3. The van der Waals surface area contributed by atoms with Gasteiger partial charge < -0.3 is 13.7 Å². The number of hydrogen-bond donors (Lipinski definition) is 0. The Bertz CT molecular complexity index is 4130. The Balaban J connectivity index is 1.05. The fourth-order valence-electron chi connectivity index (χ4n) is 11.8. The van der Waals surface area contributed by atoms with Gasteiger partial charge in [-0.05, 0) is 98.6 Å². The predicted octanol–water partition coefficient (Wildman–Crippen LogP) is 14.0. The smallest absolute Gasteiger partial charge is 0.179 e. The molecule has 14 rings (SSSR count). The van der Waals surface area contributed by atoms with Crippen LogP contribution >= 0.6 is 0 Å². The first-order valence-corrected chi connectivity index (χ1v) is 26.2. The summed E-state index contributed by atoms with van der Waals surface area (Å²) in [6, 6.07) is 101. The predicted molar refractivity (Wildman–Crippen MR) is 299 cm³/mol. The maximum atomic E-state index is 2.52. The molecule has 0 saturated carbocycles. The van der Waals surface area contributed by atoms with E-state index < -0.39 is 8.07 Å². The van der Waals surface area contributed by atoms with Crippen molar-refractivity contribution < 1.29 is 0 Å². The number of para-hydroxylation sites is 3. The van der Waals surface area contributed by atoms with E-state index in [1.165, 1.54) is 86.3 Å². The van der Waals surface area contributed by atoms with Crippen molar-refractivity contribution in [2.45, 2.75) is 0 Å². The lowest BCUT2D eigenvalue weighted by molar-refractivity contribution is 1.15.